The summed E-state index contributed by atoms with van der Waals surface area (Å²) in [5, 5.41) is 3.33. The van der Waals surface area contributed by atoms with Crippen LogP contribution in [0.2, 0.25) is 0 Å². The van der Waals surface area contributed by atoms with E-state index in [-0.39, 0.29) is 11.9 Å². The monoisotopic (exact) mass is 516 g/mol. The van der Waals surface area contributed by atoms with Gasteiger partial charge < -0.3 is 19.4 Å². The minimum atomic E-state index is -0.185. The van der Waals surface area contributed by atoms with Gasteiger partial charge in [-0.2, -0.15) is 0 Å². The molecule has 5 aromatic rings. The van der Waals surface area contributed by atoms with Crippen LogP contribution in [0.5, 0.6) is 11.5 Å². The molecule has 4 aromatic carbocycles. The van der Waals surface area contributed by atoms with Crippen LogP contribution in [0.4, 0.5) is 0 Å². The Morgan fingerprint density at radius 3 is 2.08 bits per heavy atom. The molecule has 5 rings (SSSR count). The van der Waals surface area contributed by atoms with Crippen LogP contribution in [0.1, 0.15) is 33.2 Å². The summed E-state index contributed by atoms with van der Waals surface area (Å²) >= 11 is 0. The van der Waals surface area contributed by atoms with Crippen LogP contribution in [0.3, 0.4) is 0 Å². The normalized spacial score (nSPS) is 11.6. The van der Waals surface area contributed by atoms with Gasteiger partial charge in [-0.3, -0.25) is 4.79 Å². The van der Waals surface area contributed by atoms with Crippen molar-refractivity contribution in [1.82, 2.24) is 9.88 Å². The SMILES string of the molecule is COc1ccc(OC)c(-n2c(-c3ccccc3)cc(C(=O)NC(Cc3ccccc3)c3ccccc3)c2C)c1. The fourth-order valence-corrected chi connectivity index (χ4v) is 4.96. The van der Waals surface area contributed by atoms with Crippen LogP contribution in [0.15, 0.2) is 115 Å². The number of methoxy groups -OCH3 is 2. The number of benzene rings is 4. The highest BCUT2D eigenvalue weighted by atomic mass is 16.5. The average molecular weight is 517 g/mol. The molecule has 1 N–H and O–H groups in total. The molecule has 196 valence electrons. The molecular weight excluding hydrogens is 484 g/mol. The third kappa shape index (κ3) is 5.58. The molecule has 5 heteroatoms. The van der Waals surface area contributed by atoms with E-state index < -0.39 is 0 Å². The third-order valence-corrected chi connectivity index (χ3v) is 6.98. The molecule has 0 radical (unpaired) electrons. The Morgan fingerprint density at radius 2 is 1.44 bits per heavy atom. The van der Waals surface area contributed by atoms with Crippen molar-refractivity contribution in [3.63, 3.8) is 0 Å². The van der Waals surface area contributed by atoms with E-state index in [0.29, 0.717) is 23.5 Å². The highest BCUT2D eigenvalue weighted by Gasteiger charge is 2.24. The lowest BCUT2D eigenvalue weighted by molar-refractivity contribution is 0.0936. The van der Waals surface area contributed by atoms with Crippen molar-refractivity contribution in [3.8, 4) is 28.4 Å². The Kier molecular flexibility index (Phi) is 7.78. The van der Waals surface area contributed by atoms with E-state index in [9.17, 15) is 4.79 Å². The maximum Gasteiger partial charge on any atom is 0.253 e. The van der Waals surface area contributed by atoms with Gasteiger partial charge in [-0.05, 0) is 48.2 Å². The molecule has 0 aliphatic carbocycles. The Hall–Kier alpha value is -4.77. The fourth-order valence-electron chi connectivity index (χ4n) is 4.96. The molecule has 39 heavy (non-hydrogen) atoms. The fraction of sp³-hybridized carbons (Fsp3) is 0.147. The van der Waals surface area contributed by atoms with E-state index in [4.69, 9.17) is 9.47 Å². The lowest BCUT2D eigenvalue weighted by Crippen LogP contribution is -2.30. The van der Waals surface area contributed by atoms with Gasteiger partial charge in [0.2, 0.25) is 0 Å². The molecular formula is C34H32N2O3. The summed E-state index contributed by atoms with van der Waals surface area (Å²) in [5.74, 6) is 1.26. The molecule has 1 aromatic heterocycles. The predicted molar refractivity (Wildman–Crippen MR) is 156 cm³/mol. The van der Waals surface area contributed by atoms with Gasteiger partial charge in [0.25, 0.3) is 5.91 Å². The van der Waals surface area contributed by atoms with Crippen molar-refractivity contribution in [2.75, 3.05) is 14.2 Å². The van der Waals surface area contributed by atoms with E-state index in [1.807, 2.05) is 97.9 Å². The Labute approximate surface area is 229 Å². The molecule has 1 heterocycles. The molecule has 0 spiro atoms. The standard InChI is InChI=1S/C34H32N2O3/c1-24-29(34(37)35-30(26-15-9-5-10-16-26)21-25-13-7-4-8-14-25)23-31(27-17-11-6-12-18-27)36(24)32-22-28(38-2)19-20-33(32)39-3/h4-20,22-23,30H,21H2,1-3H3,(H,35,37). The molecule has 1 atom stereocenters. The lowest BCUT2D eigenvalue weighted by Gasteiger charge is -2.20. The smallest absolute Gasteiger partial charge is 0.253 e. The van der Waals surface area contributed by atoms with Crippen molar-refractivity contribution in [1.29, 1.82) is 0 Å². The van der Waals surface area contributed by atoms with E-state index in [2.05, 4.69) is 34.1 Å². The molecule has 0 fully saturated rings. The number of nitrogens with zero attached hydrogens (tertiary/aromatic N) is 1. The number of amides is 1. The first kappa shape index (κ1) is 25.9. The topological polar surface area (TPSA) is 52.5 Å². The molecule has 0 saturated heterocycles. The first-order valence-electron chi connectivity index (χ1n) is 13.0. The van der Waals surface area contributed by atoms with E-state index in [0.717, 1.165) is 33.8 Å². The number of carbonyl (C=O) groups is 1. The minimum Gasteiger partial charge on any atom is -0.497 e. The van der Waals surface area contributed by atoms with Crippen LogP contribution in [-0.2, 0) is 6.42 Å². The van der Waals surface area contributed by atoms with Gasteiger partial charge in [0, 0.05) is 11.8 Å². The summed E-state index contributed by atoms with van der Waals surface area (Å²) in [5.41, 5.74) is 6.32. The van der Waals surface area contributed by atoms with Gasteiger partial charge in [-0.25, -0.2) is 0 Å². The summed E-state index contributed by atoms with van der Waals surface area (Å²) in [7, 11) is 3.29. The summed E-state index contributed by atoms with van der Waals surface area (Å²) in [6, 6.07) is 37.9. The second-order valence-corrected chi connectivity index (χ2v) is 9.39. The van der Waals surface area contributed by atoms with Gasteiger partial charge in [0.1, 0.15) is 11.5 Å². The summed E-state index contributed by atoms with van der Waals surface area (Å²) in [4.78, 5) is 14.0. The molecule has 5 nitrogen and oxygen atoms in total. The first-order chi connectivity index (χ1) is 19.1. The van der Waals surface area contributed by atoms with Gasteiger partial charge in [0.15, 0.2) is 0 Å². The van der Waals surface area contributed by atoms with Gasteiger partial charge in [0.05, 0.1) is 37.2 Å². The van der Waals surface area contributed by atoms with Crippen molar-refractivity contribution in [3.05, 3.63) is 138 Å². The Balaban J connectivity index is 1.59. The highest BCUT2D eigenvalue weighted by molar-refractivity contribution is 5.97. The molecule has 0 aliphatic rings. The largest absolute Gasteiger partial charge is 0.497 e. The molecule has 0 bridgehead atoms. The lowest BCUT2D eigenvalue weighted by atomic mass is 9.98. The first-order valence-corrected chi connectivity index (χ1v) is 13.0. The third-order valence-electron chi connectivity index (χ3n) is 6.98. The van der Waals surface area contributed by atoms with Crippen LogP contribution in [0.25, 0.3) is 16.9 Å². The molecule has 0 aliphatic heterocycles. The van der Waals surface area contributed by atoms with Gasteiger partial charge >= 0.3 is 0 Å². The number of hydrogen-bond acceptors (Lipinski definition) is 3. The predicted octanol–water partition coefficient (Wildman–Crippen LogP) is 7.18. The quantitative estimate of drug-likeness (QED) is 0.226. The van der Waals surface area contributed by atoms with Gasteiger partial charge in [-0.1, -0.05) is 91.0 Å². The van der Waals surface area contributed by atoms with Crippen LogP contribution in [0, 0.1) is 6.92 Å². The Morgan fingerprint density at radius 1 is 0.795 bits per heavy atom. The molecule has 0 saturated carbocycles. The zero-order chi connectivity index (χ0) is 27.2. The average Bonchev–Trinajstić information content (AvgIpc) is 3.34. The minimum absolute atomic E-state index is 0.130. The number of aromatic nitrogens is 1. The zero-order valence-corrected chi connectivity index (χ0v) is 22.4. The molecule has 1 unspecified atom stereocenters. The maximum atomic E-state index is 14.0. The summed E-state index contributed by atoms with van der Waals surface area (Å²) in [6.07, 6.45) is 0.686. The van der Waals surface area contributed by atoms with Crippen LogP contribution >= 0.6 is 0 Å². The van der Waals surface area contributed by atoms with Crippen molar-refractivity contribution < 1.29 is 14.3 Å². The number of nitrogens with one attached hydrogen (secondary N) is 1. The highest BCUT2D eigenvalue weighted by Crippen LogP contribution is 2.36. The van der Waals surface area contributed by atoms with E-state index in [1.165, 1.54) is 0 Å². The maximum absolute atomic E-state index is 14.0. The second-order valence-electron chi connectivity index (χ2n) is 9.39. The van der Waals surface area contributed by atoms with Crippen LogP contribution < -0.4 is 14.8 Å². The zero-order valence-electron chi connectivity index (χ0n) is 22.4. The summed E-state index contributed by atoms with van der Waals surface area (Å²) < 4.78 is 13.3. The van der Waals surface area contributed by atoms with Crippen LogP contribution in [-0.4, -0.2) is 24.7 Å². The van der Waals surface area contributed by atoms with Crippen molar-refractivity contribution in [2.24, 2.45) is 0 Å². The number of rotatable bonds is 9. The van der Waals surface area contributed by atoms with Crippen molar-refractivity contribution >= 4 is 5.91 Å². The summed E-state index contributed by atoms with van der Waals surface area (Å²) in [6.45, 7) is 1.97. The number of carbonyl (C=O) groups excluding carboxylic acids is 1. The van der Waals surface area contributed by atoms with E-state index >= 15 is 0 Å². The second kappa shape index (κ2) is 11.7. The van der Waals surface area contributed by atoms with Crippen molar-refractivity contribution in [2.45, 2.75) is 19.4 Å². The van der Waals surface area contributed by atoms with Gasteiger partial charge in [-0.15, -0.1) is 0 Å². The number of hydrogen-bond donors (Lipinski definition) is 1. The Bertz CT molecular complexity index is 1540. The molecule has 1 amide bonds. The van der Waals surface area contributed by atoms with E-state index in [1.54, 1.807) is 14.2 Å². The number of ether oxygens (including phenoxy) is 2.